The number of rotatable bonds is 12. The predicted octanol–water partition coefficient (Wildman–Crippen LogP) is 5.73. The predicted molar refractivity (Wildman–Crippen MR) is 87.4 cm³/mol. The molecule has 0 aliphatic carbocycles. The van der Waals surface area contributed by atoms with Crippen LogP contribution in [0.3, 0.4) is 0 Å². The SMILES string of the molecule is CCCC(=CC/C=C/CP(=O)(OCC)OCC)CCC. The first-order valence-corrected chi connectivity index (χ1v) is 9.55. The molecule has 0 saturated carbocycles. The van der Waals surface area contributed by atoms with Crippen LogP contribution in [0.1, 0.15) is 59.8 Å². The highest BCUT2D eigenvalue weighted by Crippen LogP contribution is 2.47. The lowest BCUT2D eigenvalue weighted by Gasteiger charge is -2.14. The minimum absolute atomic E-state index is 0.361. The first-order valence-electron chi connectivity index (χ1n) is 7.82. The van der Waals surface area contributed by atoms with Crippen molar-refractivity contribution in [2.45, 2.75) is 59.8 Å². The van der Waals surface area contributed by atoms with Gasteiger partial charge in [0.1, 0.15) is 0 Å². The number of allylic oxidation sites excluding steroid dienone is 4. The van der Waals surface area contributed by atoms with Crippen LogP contribution in [-0.2, 0) is 13.6 Å². The normalized spacial score (nSPS) is 12.0. The van der Waals surface area contributed by atoms with Crippen LogP contribution in [0.2, 0.25) is 0 Å². The summed E-state index contributed by atoms with van der Waals surface area (Å²) in [4.78, 5) is 0. The summed E-state index contributed by atoms with van der Waals surface area (Å²) >= 11 is 0. The van der Waals surface area contributed by atoms with E-state index in [9.17, 15) is 4.57 Å². The topological polar surface area (TPSA) is 35.5 Å². The highest BCUT2D eigenvalue weighted by molar-refractivity contribution is 7.54. The lowest BCUT2D eigenvalue weighted by atomic mass is 10.0. The molecule has 0 aromatic heterocycles. The van der Waals surface area contributed by atoms with Gasteiger partial charge in [0, 0.05) is 0 Å². The van der Waals surface area contributed by atoms with Crippen LogP contribution in [0.5, 0.6) is 0 Å². The molecule has 3 nitrogen and oxygen atoms in total. The fraction of sp³-hybridized carbons (Fsp3) is 0.750. The fourth-order valence-corrected chi connectivity index (χ4v) is 3.52. The first kappa shape index (κ1) is 19.6. The standard InChI is InChI=1S/C16H31O3P/c1-5-12-16(13-6-2)14-10-9-11-15-20(17,18-7-3)19-8-4/h9,11,14H,5-8,10,12-13,15H2,1-4H3/b11-9+. The minimum Gasteiger partial charge on any atom is -0.309 e. The molecule has 0 aromatic rings. The van der Waals surface area contributed by atoms with Crippen molar-refractivity contribution in [2.75, 3.05) is 19.4 Å². The monoisotopic (exact) mass is 302 g/mol. The van der Waals surface area contributed by atoms with Crippen molar-refractivity contribution in [3.8, 4) is 0 Å². The molecule has 0 aromatic carbocycles. The molecule has 0 spiro atoms. The van der Waals surface area contributed by atoms with Gasteiger partial charge >= 0.3 is 7.60 Å². The van der Waals surface area contributed by atoms with Gasteiger partial charge in [-0.15, -0.1) is 0 Å². The molecule has 0 saturated heterocycles. The summed E-state index contributed by atoms with van der Waals surface area (Å²) in [6.07, 6.45) is 12.3. The Morgan fingerprint density at radius 2 is 1.50 bits per heavy atom. The van der Waals surface area contributed by atoms with Gasteiger partial charge in [0.15, 0.2) is 0 Å². The molecule has 0 fully saturated rings. The zero-order valence-corrected chi connectivity index (χ0v) is 14.5. The molecule has 0 atom stereocenters. The maximum absolute atomic E-state index is 12.2. The average Bonchev–Trinajstić information content (AvgIpc) is 2.39. The van der Waals surface area contributed by atoms with E-state index in [4.69, 9.17) is 9.05 Å². The van der Waals surface area contributed by atoms with Crippen molar-refractivity contribution in [3.63, 3.8) is 0 Å². The smallest absolute Gasteiger partial charge is 0.309 e. The molecule has 0 rings (SSSR count). The van der Waals surface area contributed by atoms with Crippen LogP contribution in [0.15, 0.2) is 23.8 Å². The second-order valence-corrected chi connectivity index (χ2v) is 6.80. The van der Waals surface area contributed by atoms with Gasteiger partial charge in [0.05, 0.1) is 19.4 Å². The minimum atomic E-state index is -2.92. The zero-order valence-electron chi connectivity index (χ0n) is 13.6. The summed E-state index contributed by atoms with van der Waals surface area (Å²) in [5.41, 5.74) is 1.53. The molecule has 118 valence electrons. The summed E-state index contributed by atoms with van der Waals surface area (Å²) in [6.45, 7) is 8.92. The van der Waals surface area contributed by atoms with Gasteiger partial charge in [0.2, 0.25) is 0 Å². The summed E-state index contributed by atoms with van der Waals surface area (Å²) < 4.78 is 22.7. The summed E-state index contributed by atoms with van der Waals surface area (Å²) in [6, 6.07) is 0. The molecule has 4 heteroatoms. The molecular formula is C16H31O3P. The van der Waals surface area contributed by atoms with E-state index in [2.05, 4.69) is 26.0 Å². The third-order valence-electron chi connectivity index (χ3n) is 2.83. The molecule has 20 heavy (non-hydrogen) atoms. The lowest BCUT2D eigenvalue weighted by molar-refractivity contribution is 0.222. The molecule has 0 aliphatic heterocycles. The van der Waals surface area contributed by atoms with Crippen molar-refractivity contribution in [1.82, 2.24) is 0 Å². The molecule has 0 unspecified atom stereocenters. The molecule has 0 amide bonds. The maximum atomic E-state index is 12.2. The summed E-state index contributed by atoms with van der Waals surface area (Å²) in [5, 5.41) is 0. The second-order valence-electron chi connectivity index (χ2n) is 4.70. The number of hydrogen-bond donors (Lipinski definition) is 0. The highest BCUT2D eigenvalue weighted by atomic mass is 31.2. The third kappa shape index (κ3) is 9.52. The Morgan fingerprint density at radius 3 is 1.95 bits per heavy atom. The summed E-state index contributed by atoms with van der Waals surface area (Å²) in [7, 11) is -2.92. The van der Waals surface area contributed by atoms with Crippen molar-refractivity contribution in [1.29, 1.82) is 0 Å². The van der Waals surface area contributed by atoms with Crippen LogP contribution in [-0.4, -0.2) is 19.4 Å². The molecule has 0 bridgehead atoms. The highest BCUT2D eigenvalue weighted by Gasteiger charge is 2.20. The quantitative estimate of drug-likeness (QED) is 0.341. The Bertz CT molecular complexity index is 317. The molecule has 0 aliphatic rings. The van der Waals surface area contributed by atoms with E-state index in [-0.39, 0.29) is 0 Å². The van der Waals surface area contributed by atoms with Crippen LogP contribution in [0, 0.1) is 0 Å². The summed E-state index contributed by atoms with van der Waals surface area (Å²) in [5.74, 6) is 0. The fourth-order valence-electron chi connectivity index (χ4n) is 2.04. The Balaban J connectivity index is 4.28. The lowest BCUT2D eigenvalue weighted by Crippen LogP contribution is -1.98. The molecular weight excluding hydrogens is 271 g/mol. The van der Waals surface area contributed by atoms with Gasteiger partial charge in [-0.2, -0.15) is 0 Å². The largest absolute Gasteiger partial charge is 0.334 e. The Labute approximate surface area is 125 Å². The second kappa shape index (κ2) is 12.4. The molecule has 0 heterocycles. The van der Waals surface area contributed by atoms with Gasteiger partial charge in [-0.1, -0.05) is 50.5 Å². The van der Waals surface area contributed by atoms with Gasteiger partial charge in [0.25, 0.3) is 0 Å². The van der Waals surface area contributed by atoms with Crippen LogP contribution < -0.4 is 0 Å². The first-order chi connectivity index (χ1) is 9.61. The van der Waals surface area contributed by atoms with E-state index in [0.29, 0.717) is 19.4 Å². The van der Waals surface area contributed by atoms with E-state index in [1.165, 1.54) is 31.3 Å². The molecule has 0 radical (unpaired) electrons. The van der Waals surface area contributed by atoms with Gasteiger partial charge < -0.3 is 9.05 Å². The van der Waals surface area contributed by atoms with E-state index >= 15 is 0 Å². The van der Waals surface area contributed by atoms with Crippen LogP contribution in [0.25, 0.3) is 0 Å². The molecule has 0 N–H and O–H groups in total. The van der Waals surface area contributed by atoms with Crippen LogP contribution >= 0.6 is 7.60 Å². The van der Waals surface area contributed by atoms with Crippen molar-refractivity contribution < 1.29 is 13.6 Å². The Kier molecular flexibility index (Phi) is 12.1. The van der Waals surface area contributed by atoms with E-state index in [1.54, 1.807) is 0 Å². The Hall–Kier alpha value is -0.370. The van der Waals surface area contributed by atoms with Crippen molar-refractivity contribution in [2.24, 2.45) is 0 Å². The van der Waals surface area contributed by atoms with Gasteiger partial charge in [-0.25, -0.2) is 0 Å². The third-order valence-corrected chi connectivity index (χ3v) is 4.79. The average molecular weight is 302 g/mol. The van der Waals surface area contributed by atoms with E-state index < -0.39 is 7.60 Å². The van der Waals surface area contributed by atoms with E-state index in [0.717, 1.165) is 6.42 Å². The van der Waals surface area contributed by atoms with Crippen molar-refractivity contribution in [3.05, 3.63) is 23.8 Å². The van der Waals surface area contributed by atoms with Crippen molar-refractivity contribution >= 4 is 7.60 Å². The van der Waals surface area contributed by atoms with E-state index in [1.807, 2.05) is 19.9 Å². The Morgan fingerprint density at radius 1 is 0.950 bits per heavy atom. The van der Waals surface area contributed by atoms with Crippen LogP contribution in [0.4, 0.5) is 0 Å². The van der Waals surface area contributed by atoms with Gasteiger partial charge in [-0.05, 0) is 33.1 Å². The van der Waals surface area contributed by atoms with Gasteiger partial charge in [-0.3, -0.25) is 4.57 Å². The maximum Gasteiger partial charge on any atom is 0.334 e. The number of hydrogen-bond acceptors (Lipinski definition) is 3. The zero-order chi connectivity index (χ0) is 15.3.